The van der Waals surface area contributed by atoms with E-state index in [1.807, 2.05) is 6.92 Å². The maximum Gasteiger partial charge on any atom is 0.408 e. The van der Waals surface area contributed by atoms with Crippen LogP contribution in [0.5, 0.6) is 0 Å². The molecule has 5 unspecified atom stereocenters. The van der Waals surface area contributed by atoms with Gasteiger partial charge in [-0.05, 0) is 75.0 Å². The number of likely N-dealkylation sites (tertiary alicyclic amines) is 1. The van der Waals surface area contributed by atoms with E-state index in [0.29, 0.717) is 31.2 Å². The van der Waals surface area contributed by atoms with Crippen LogP contribution in [0.2, 0.25) is 0 Å². The maximum absolute atomic E-state index is 14.4. The van der Waals surface area contributed by atoms with Crippen LogP contribution in [-0.4, -0.2) is 71.3 Å². The minimum Gasteiger partial charge on any atom is -0.444 e. The van der Waals surface area contributed by atoms with Gasteiger partial charge in [-0.1, -0.05) is 59.0 Å². The Bertz CT molecular complexity index is 1100. The lowest BCUT2D eigenvalue weighted by molar-refractivity contribution is -0.144. The first-order valence-corrected chi connectivity index (χ1v) is 16.2. The summed E-state index contributed by atoms with van der Waals surface area (Å²) in [5, 5.41) is 8.26. The summed E-state index contributed by atoms with van der Waals surface area (Å²) in [5.74, 6) is -1.05. The number of piperidine rings is 1. The van der Waals surface area contributed by atoms with Crippen molar-refractivity contribution in [3.05, 3.63) is 12.7 Å². The number of ketones is 1. The summed E-state index contributed by atoms with van der Waals surface area (Å²) < 4.78 is 5.57. The van der Waals surface area contributed by atoms with Crippen molar-refractivity contribution in [1.82, 2.24) is 20.9 Å². The normalized spacial score (nSPS) is 30.2. The van der Waals surface area contributed by atoms with Crippen LogP contribution in [0, 0.1) is 35.0 Å². The summed E-state index contributed by atoms with van der Waals surface area (Å²) >= 11 is 0. The van der Waals surface area contributed by atoms with Gasteiger partial charge in [-0.3, -0.25) is 19.2 Å². The molecule has 240 valence electrons. The maximum atomic E-state index is 14.4. The molecule has 10 heteroatoms. The Morgan fingerprint density at radius 3 is 2.23 bits per heavy atom. The number of amides is 4. The van der Waals surface area contributed by atoms with Crippen LogP contribution in [0.1, 0.15) is 92.9 Å². The topological polar surface area (TPSA) is 134 Å². The van der Waals surface area contributed by atoms with Crippen molar-refractivity contribution < 1.29 is 28.7 Å². The Balaban J connectivity index is 1.57. The molecule has 4 amide bonds. The lowest BCUT2D eigenvalue weighted by atomic mass is 9.82. The molecule has 3 N–H and O–H groups in total. The van der Waals surface area contributed by atoms with Gasteiger partial charge in [0.2, 0.25) is 17.6 Å². The molecule has 3 aliphatic carbocycles. The highest BCUT2D eigenvalue weighted by molar-refractivity contribution is 6.38. The predicted molar refractivity (Wildman–Crippen MR) is 163 cm³/mol. The van der Waals surface area contributed by atoms with Crippen molar-refractivity contribution in [3.8, 4) is 0 Å². The standard InChI is InChI=1S/C33H52N4O6/c1-8-12-23(27(38)29(40)34-15-9-2)35-28(39)26-24-22(33(24,6)7)18-37(26)30(41)25(36-31(42)43-32(3,4)5)21-16-19-13-10-11-14-20(19)17-21/h9,19-26H,2,8,10-18H2,1,3-7H3,(H,34,40)(H,35,39)(H,36,42)/t19?,20?,21?,22?,23?,24?,25-,26-/m0/s1. The highest BCUT2D eigenvalue weighted by atomic mass is 16.6. The lowest BCUT2D eigenvalue weighted by Crippen LogP contribution is -2.59. The molecule has 10 nitrogen and oxygen atoms in total. The number of carbonyl (C=O) groups is 5. The predicted octanol–water partition coefficient (Wildman–Crippen LogP) is 3.74. The molecule has 0 radical (unpaired) electrons. The van der Waals surface area contributed by atoms with E-state index in [-0.39, 0.29) is 35.6 Å². The number of hydrogen-bond acceptors (Lipinski definition) is 6. The summed E-state index contributed by atoms with van der Waals surface area (Å²) in [5.41, 5.74) is -0.859. The third kappa shape index (κ3) is 7.26. The number of ether oxygens (including phenoxy) is 1. The molecule has 0 spiro atoms. The smallest absolute Gasteiger partial charge is 0.408 e. The molecule has 4 rings (SSSR count). The van der Waals surface area contributed by atoms with Gasteiger partial charge in [-0.15, -0.1) is 6.58 Å². The lowest BCUT2D eigenvalue weighted by Gasteiger charge is -2.35. The van der Waals surface area contributed by atoms with Gasteiger partial charge in [0.25, 0.3) is 5.91 Å². The van der Waals surface area contributed by atoms with Crippen molar-refractivity contribution in [1.29, 1.82) is 0 Å². The fourth-order valence-electron chi connectivity index (χ4n) is 8.08. The van der Waals surface area contributed by atoms with Gasteiger partial charge in [0.05, 0.1) is 6.04 Å². The second-order valence-electron chi connectivity index (χ2n) is 14.8. The van der Waals surface area contributed by atoms with Crippen LogP contribution in [-0.2, 0) is 23.9 Å². The first-order chi connectivity index (χ1) is 20.2. The third-order valence-corrected chi connectivity index (χ3v) is 10.3. The first-order valence-electron chi connectivity index (χ1n) is 16.2. The molecule has 0 bridgehead atoms. The number of fused-ring (bicyclic) bond motifs is 2. The molecule has 0 aromatic carbocycles. The largest absolute Gasteiger partial charge is 0.444 e. The Kier molecular flexibility index (Phi) is 9.96. The van der Waals surface area contributed by atoms with Gasteiger partial charge in [-0.25, -0.2) is 4.79 Å². The van der Waals surface area contributed by atoms with E-state index in [2.05, 4.69) is 36.4 Å². The summed E-state index contributed by atoms with van der Waals surface area (Å²) in [7, 11) is 0. The van der Waals surface area contributed by atoms with Crippen molar-refractivity contribution in [2.45, 2.75) is 117 Å². The molecule has 1 aliphatic heterocycles. The van der Waals surface area contributed by atoms with Crippen molar-refractivity contribution in [2.24, 2.45) is 35.0 Å². The Labute approximate surface area is 256 Å². The van der Waals surface area contributed by atoms with E-state index in [0.717, 1.165) is 25.7 Å². The van der Waals surface area contributed by atoms with E-state index in [9.17, 15) is 24.0 Å². The number of nitrogens with one attached hydrogen (secondary N) is 3. The average Bonchev–Trinajstić information content (AvgIpc) is 3.30. The fourth-order valence-corrected chi connectivity index (χ4v) is 8.08. The molecule has 0 aromatic heterocycles. The first kappa shape index (κ1) is 33.0. The quantitative estimate of drug-likeness (QED) is 0.244. The molecule has 43 heavy (non-hydrogen) atoms. The van der Waals surface area contributed by atoms with Gasteiger partial charge < -0.3 is 25.6 Å². The van der Waals surface area contributed by atoms with Gasteiger partial charge in [0, 0.05) is 13.1 Å². The van der Waals surface area contributed by atoms with E-state index in [1.165, 1.54) is 18.9 Å². The molecule has 1 saturated heterocycles. The molecule has 4 aliphatic rings. The summed E-state index contributed by atoms with van der Waals surface area (Å²) in [6.45, 7) is 15.6. The number of Topliss-reactive ketones (excluding diaryl/α,β-unsaturated/α-hetero) is 1. The SMILES string of the molecule is C=CCNC(=O)C(=O)C(CCC)NC(=O)[C@@H]1C2C(CN1C(=O)[C@@H](NC(=O)OC(C)(C)C)C1CC3CCCCC3C1)C2(C)C. The van der Waals surface area contributed by atoms with Gasteiger partial charge >= 0.3 is 6.09 Å². The van der Waals surface area contributed by atoms with Crippen LogP contribution in [0.25, 0.3) is 0 Å². The highest BCUT2D eigenvalue weighted by Crippen LogP contribution is 2.65. The minimum absolute atomic E-state index is 0.0373. The average molecular weight is 601 g/mol. The Morgan fingerprint density at radius 1 is 1.05 bits per heavy atom. The fraction of sp³-hybridized carbons (Fsp3) is 0.788. The third-order valence-electron chi connectivity index (χ3n) is 10.3. The van der Waals surface area contributed by atoms with Crippen LogP contribution >= 0.6 is 0 Å². The highest BCUT2D eigenvalue weighted by Gasteiger charge is 2.70. The zero-order valence-electron chi connectivity index (χ0n) is 26.9. The number of hydrogen-bond donors (Lipinski definition) is 3. The zero-order valence-corrected chi connectivity index (χ0v) is 26.9. The minimum atomic E-state index is -0.992. The second kappa shape index (κ2) is 13.0. The number of nitrogens with zero attached hydrogens (tertiary/aromatic N) is 1. The molecule has 1 heterocycles. The Hall–Kier alpha value is -2.91. The second-order valence-corrected chi connectivity index (χ2v) is 14.8. The summed E-state index contributed by atoms with van der Waals surface area (Å²) in [6.07, 6.45) is 8.16. The van der Waals surface area contributed by atoms with Crippen LogP contribution in [0.4, 0.5) is 4.79 Å². The number of carbonyl (C=O) groups excluding carboxylic acids is 5. The van der Waals surface area contributed by atoms with Gasteiger partial charge in [0.1, 0.15) is 17.7 Å². The number of alkyl carbamates (subject to hydrolysis) is 1. The van der Waals surface area contributed by atoms with E-state index in [1.54, 1.807) is 25.7 Å². The van der Waals surface area contributed by atoms with Gasteiger partial charge in [-0.2, -0.15) is 0 Å². The van der Waals surface area contributed by atoms with Crippen LogP contribution < -0.4 is 16.0 Å². The molecule has 3 saturated carbocycles. The summed E-state index contributed by atoms with van der Waals surface area (Å²) in [6, 6.07) is -2.58. The van der Waals surface area contributed by atoms with Crippen LogP contribution in [0.15, 0.2) is 12.7 Å². The van der Waals surface area contributed by atoms with Crippen molar-refractivity contribution >= 4 is 29.6 Å². The molecule has 0 aromatic rings. The molecule has 4 fully saturated rings. The van der Waals surface area contributed by atoms with Crippen LogP contribution in [0.3, 0.4) is 0 Å². The van der Waals surface area contributed by atoms with E-state index >= 15 is 0 Å². The van der Waals surface area contributed by atoms with E-state index in [4.69, 9.17) is 4.74 Å². The summed E-state index contributed by atoms with van der Waals surface area (Å²) in [4.78, 5) is 68.4. The Morgan fingerprint density at radius 2 is 1.67 bits per heavy atom. The number of rotatable bonds is 11. The van der Waals surface area contributed by atoms with Gasteiger partial charge in [0.15, 0.2) is 0 Å². The zero-order chi connectivity index (χ0) is 31.7. The molecule has 7 atom stereocenters. The molecular formula is C33H52N4O6. The molecular weight excluding hydrogens is 548 g/mol. The van der Waals surface area contributed by atoms with E-state index < -0.39 is 47.4 Å². The van der Waals surface area contributed by atoms with Crippen molar-refractivity contribution in [2.75, 3.05) is 13.1 Å². The van der Waals surface area contributed by atoms with Crippen molar-refractivity contribution in [3.63, 3.8) is 0 Å². The monoisotopic (exact) mass is 600 g/mol.